The van der Waals surface area contributed by atoms with Crippen LogP contribution in [0.3, 0.4) is 0 Å². The second kappa shape index (κ2) is 5.79. The first-order valence-corrected chi connectivity index (χ1v) is 8.06. The lowest BCUT2D eigenvalue weighted by molar-refractivity contribution is 0.0851. The fraction of sp³-hybridized carbons (Fsp3) is 0.333. The molecule has 0 aliphatic carbocycles. The maximum atomic E-state index is 12.5. The highest BCUT2D eigenvalue weighted by Gasteiger charge is 2.20. The van der Waals surface area contributed by atoms with Crippen LogP contribution in [-0.2, 0) is 11.8 Å². The predicted molar refractivity (Wildman–Crippen MR) is 90.3 cm³/mol. The summed E-state index contributed by atoms with van der Waals surface area (Å²) in [6.45, 7) is 1.23. The van der Waals surface area contributed by atoms with Gasteiger partial charge in [0.1, 0.15) is 11.3 Å². The molecule has 1 saturated heterocycles. The molecule has 6 heteroatoms. The Balaban J connectivity index is 1.75. The van der Waals surface area contributed by atoms with Crippen LogP contribution in [0.4, 0.5) is 0 Å². The number of rotatable bonds is 3. The summed E-state index contributed by atoms with van der Waals surface area (Å²) in [4.78, 5) is 24.7. The lowest BCUT2D eigenvalue weighted by atomic mass is 10.2. The molecule has 1 aromatic carbocycles. The van der Waals surface area contributed by atoms with Gasteiger partial charge in [0.2, 0.25) is 0 Å². The molecule has 1 fully saturated rings. The minimum absolute atomic E-state index is 0.0783. The van der Waals surface area contributed by atoms with E-state index in [9.17, 15) is 9.59 Å². The molecule has 1 aliphatic heterocycles. The maximum Gasteiger partial charge on any atom is 0.345 e. The first-order chi connectivity index (χ1) is 11.6. The molecule has 0 saturated carbocycles. The second-order valence-electron chi connectivity index (χ2n) is 6.08. The van der Waals surface area contributed by atoms with Gasteiger partial charge in [0.25, 0.3) is 5.91 Å². The molecule has 1 atom stereocenters. The first kappa shape index (κ1) is 15.0. The minimum atomic E-state index is -0.433. The Kier molecular flexibility index (Phi) is 3.61. The molecule has 24 heavy (non-hydrogen) atoms. The lowest BCUT2D eigenvalue weighted by Crippen LogP contribution is -2.32. The van der Waals surface area contributed by atoms with E-state index in [2.05, 4.69) is 5.32 Å². The molecule has 1 amide bonds. The number of ether oxygens (including phenoxy) is 1. The Hall–Kier alpha value is -2.60. The summed E-state index contributed by atoms with van der Waals surface area (Å²) < 4.78 is 12.6. The van der Waals surface area contributed by atoms with Gasteiger partial charge in [0.05, 0.1) is 17.0 Å². The third-order valence-corrected chi connectivity index (χ3v) is 4.54. The van der Waals surface area contributed by atoms with Crippen molar-refractivity contribution in [3.05, 3.63) is 46.4 Å². The third kappa shape index (κ3) is 2.39. The van der Waals surface area contributed by atoms with E-state index in [1.54, 1.807) is 23.7 Å². The van der Waals surface area contributed by atoms with Crippen molar-refractivity contribution in [2.24, 2.45) is 7.05 Å². The van der Waals surface area contributed by atoms with Crippen LogP contribution in [0.2, 0.25) is 0 Å². The molecule has 1 aliphatic rings. The second-order valence-corrected chi connectivity index (χ2v) is 6.08. The lowest BCUT2D eigenvalue weighted by Gasteiger charge is -2.11. The van der Waals surface area contributed by atoms with Gasteiger partial charge in [0.15, 0.2) is 0 Å². The van der Waals surface area contributed by atoms with Gasteiger partial charge in [0, 0.05) is 25.6 Å². The standard InChI is InChI=1S/C18H18N2O4/c1-20-14(17(21)19-10-11-5-4-8-23-11)9-13-16(20)12-6-2-3-7-15(12)24-18(13)22/h2-3,6-7,9,11H,4-5,8,10H2,1H3,(H,19,21)/t11-/m0/s1. The normalized spacial score (nSPS) is 17.6. The van der Waals surface area contributed by atoms with Crippen molar-refractivity contribution in [2.45, 2.75) is 18.9 Å². The smallest absolute Gasteiger partial charge is 0.345 e. The van der Waals surface area contributed by atoms with E-state index in [-0.39, 0.29) is 12.0 Å². The number of hydrogen-bond donors (Lipinski definition) is 1. The number of carbonyl (C=O) groups is 1. The van der Waals surface area contributed by atoms with E-state index in [1.807, 2.05) is 18.2 Å². The van der Waals surface area contributed by atoms with E-state index in [0.717, 1.165) is 24.8 Å². The largest absolute Gasteiger partial charge is 0.422 e. The van der Waals surface area contributed by atoms with Crippen LogP contribution in [-0.4, -0.2) is 29.7 Å². The number of para-hydroxylation sites is 1. The summed E-state index contributed by atoms with van der Waals surface area (Å²) in [7, 11) is 1.79. The van der Waals surface area contributed by atoms with Crippen LogP contribution < -0.4 is 10.9 Å². The SMILES string of the molecule is Cn1c(C(=O)NC[C@@H]2CCCO2)cc2c(=O)oc3ccccc3c21. The molecule has 3 heterocycles. The van der Waals surface area contributed by atoms with Crippen molar-refractivity contribution in [1.82, 2.24) is 9.88 Å². The number of carbonyl (C=O) groups excluding carboxylic acids is 1. The molecular weight excluding hydrogens is 308 g/mol. The Morgan fingerprint density at radius 1 is 1.33 bits per heavy atom. The summed E-state index contributed by atoms with van der Waals surface area (Å²) in [5.74, 6) is -0.215. The molecule has 3 aromatic rings. The Labute approximate surface area is 138 Å². The van der Waals surface area contributed by atoms with Crippen molar-refractivity contribution in [2.75, 3.05) is 13.2 Å². The first-order valence-electron chi connectivity index (χ1n) is 8.06. The minimum Gasteiger partial charge on any atom is -0.422 e. The van der Waals surface area contributed by atoms with E-state index in [1.165, 1.54) is 0 Å². The van der Waals surface area contributed by atoms with Gasteiger partial charge >= 0.3 is 5.63 Å². The van der Waals surface area contributed by atoms with Gasteiger partial charge in [-0.15, -0.1) is 0 Å². The van der Waals surface area contributed by atoms with Crippen molar-refractivity contribution in [1.29, 1.82) is 0 Å². The van der Waals surface area contributed by atoms with Crippen molar-refractivity contribution in [3.63, 3.8) is 0 Å². The summed E-state index contributed by atoms with van der Waals surface area (Å²) in [6.07, 6.45) is 2.07. The number of benzene rings is 1. The highest BCUT2D eigenvalue weighted by Crippen LogP contribution is 2.25. The van der Waals surface area contributed by atoms with E-state index < -0.39 is 5.63 Å². The Bertz CT molecular complexity index is 980. The zero-order valence-electron chi connectivity index (χ0n) is 13.4. The van der Waals surface area contributed by atoms with Crippen LogP contribution in [0.5, 0.6) is 0 Å². The number of fused-ring (bicyclic) bond motifs is 3. The zero-order valence-corrected chi connectivity index (χ0v) is 13.4. The van der Waals surface area contributed by atoms with Crippen LogP contribution in [0.15, 0.2) is 39.5 Å². The fourth-order valence-corrected chi connectivity index (χ4v) is 3.31. The third-order valence-electron chi connectivity index (χ3n) is 4.54. The highest BCUT2D eigenvalue weighted by atomic mass is 16.5. The molecule has 0 unspecified atom stereocenters. The van der Waals surface area contributed by atoms with Crippen LogP contribution in [0.1, 0.15) is 23.3 Å². The van der Waals surface area contributed by atoms with Gasteiger partial charge < -0.3 is 19.0 Å². The Morgan fingerprint density at radius 3 is 2.96 bits per heavy atom. The molecule has 124 valence electrons. The van der Waals surface area contributed by atoms with Crippen molar-refractivity contribution in [3.8, 4) is 0 Å². The average molecular weight is 326 g/mol. The van der Waals surface area contributed by atoms with Crippen molar-refractivity contribution >= 4 is 27.8 Å². The quantitative estimate of drug-likeness (QED) is 0.749. The number of hydrogen-bond acceptors (Lipinski definition) is 4. The monoisotopic (exact) mass is 326 g/mol. The van der Waals surface area contributed by atoms with Gasteiger partial charge in [-0.05, 0) is 31.0 Å². The van der Waals surface area contributed by atoms with Crippen LogP contribution in [0.25, 0.3) is 21.9 Å². The molecule has 6 nitrogen and oxygen atoms in total. The molecule has 0 spiro atoms. The van der Waals surface area contributed by atoms with Gasteiger partial charge in [-0.25, -0.2) is 4.79 Å². The van der Waals surface area contributed by atoms with Crippen LogP contribution >= 0.6 is 0 Å². The molecule has 0 bridgehead atoms. The summed E-state index contributed by atoms with van der Waals surface area (Å²) in [6, 6.07) is 8.93. The Morgan fingerprint density at radius 2 is 2.17 bits per heavy atom. The van der Waals surface area contributed by atoms with E-state index in [0.29, 0.717) is 28.7 Å². The maximum absolute atomic E-state index is 12.5. The molecule has 1 N–H and O–H groups in total. The average Bonchev–Trinajstić information content (AvgIpc) is 3.21. The molecule has 2 aromatic heterocycles. The van der Waals surface area contributed by atoms with Gasteiger partial charge in [-0.2, -0.15) is 0 Å². The zero-order chi connectivity index (χ0) is 16.7. The molecule has 0 radical (unpaired) electrons. The molecular formula is C18H18N2O4. The van der Waals surface area contributed by atoms with E-state index in [4.69, 9.17) is 9.15 Å². The number of aromatic nitrogens is 1. The van der Waals surface area contributed by atoms with Gasteiger partial charge in [-0.3, -0.25) is 4.79 Å². The topological polar surface area (TPSA) is 73.5 Å². The number of amides is 1. The number of nitrogens with zero attached hydrogens (tertiary/aromatic N) is 1. The predicted octanol–water partition coefficient (Wildman–Crippen LogP) is 2.19. The summed E-state index contributed by atoms with van der Waals surface area (Å²) in [5, 5.41) is 4.12. The summed E-state index contributed by atoms with van der Waals surface area (Å²) >= 11 is 0. The van der Waals surface area contributed by atoms with Gasteiger partial charge in [-0.1, -0.05) is 12.1 Å². The van der Waals surface area contributed by atoms with Crippen molar-refractivity contribution < 1.29 is 13.9 Å². The van der Waals surface area contributed by atoms with Crippen LogP contribution in [0, 0.1) is 0 Å². The number of aryl methyl sites for hydroxylation is 1. The van der Waals surface area contributed by atoms with E-state index >= 15 is 0 Å². The highest BCUT2D eigenvalue weighted by molar-refractivity contribution is 6.07. The summed E-state index contributed by atoms with van der Waals surface area (Å²) in [5.41, 5.74) is 1.23. The fourth-order valence-electron chi connectivity index (χ4n) is 3.31. The molecule has 4 rings (SSSR count). The number of nitrogens with one attached hydrogen (secondary N) is 1.